The van der Waals surface area contributed by atoms with Crippen LogP contribution in [0.2, 0.25) is 5.02 Å². The maximum Gasteiger partial charge on any atom is 0.288 e. The molecule has 8 nitrogen and oxygen atoms in total. The molecule has 9 heteroatoms. The molecule has 3 aromatic carbocycles. The summed E-state index contributed by atoms with van der Waals surface area (Å²) in [6, 6.07) is 22.0. The van der Waals surface area contributed by atoms with Crippen molar-refractivity contribution in [3.05, 3.63) is 111 Å². The number of nitrogens with one attached hydrogen (secondary N) is 2. The topological polar surface area (TPSA) is 114 Å². The van der Waals surface area contributed by atoms with Crippen LogP contribution in [0.5, 0.6) is 0 Å². The van der Waals surface area contributed by atoms with Gasteiger partial charge in [0.25, 0.3) is 11.6 Å². The molecule has 0 aromatic heterocycles. The van der Waals surface area contributed by atoms with Gasteiger partial charge < -0.3 is 5.32 Å². The number of nitro benzene ring substituents is 1. The molecular weight excluding hydrogens is 468 g/mol. The summed E-state index contributed by atoms with van der Waals surface area (Å²) >= 11 is 5.82. The number of nitro groups is 1. The molecule has 0 spiro atoms. The average Bonchev–Trinajstić information content (AvgIpc) is 2.84. The molecule has 0 radical (unpaired) electrons. The standard InChI is InChI=1S/C26H25ClN4O4/c1-17(2)24(26(33)30-28-16-18-13-14-21(27)22(15-18)31(34)35)29-25(32)23(19-9-5-3-6-10-19)20-11-7-4-8-12-20/h3-17,23-24H,1-2H3,(H,29,32)(H,30,33)/b28-16-/t24-/m1/s1. The quantitative estimate of drug-likeness (QED) is 0.256. The predicted octanol–water partition coefficient (Wildman–Crippen LogP) is 4.67. The van der Waals surface area contributed by atoms with Crippen molar-refractivity contribution < 1.29 is 14.5 Å². The highest BCUT2D eigenvalue weighted by Gasteiger charge is 2.29. The molecule has 2 N–H and O–H groups in total. The summed E-state index contributed by atoms with van der Waals surface area (Å²) in [7, 11) is 0. The smallest absolute Gasteiger partial charge is 0.288 e. The first-order valence-corrected chi connectivity index (χ1v) is 11.3. The molecule has 0 aliphatic rings. The number of hydrogen-bond acceptors (Lipinski definition) is 5. The van der Waals surface area contributed by atoms with Gasteiger partial charge in [0.1, 0.15) is 11.1 Å². The van der Waals surface area contributed by atoms with E-state index in [0.29, 0.717) is 5.56 Å². The van der Waals surface area contributed by atoms with Gasteiger partial charge in [0.05, 0.1) is 17.1 Å². The number of hydrogen-bond donors (Lipinski definition) is 2. The van der Waals surface area contributed by atoms with Crippen LogP contribution in [0.25, 0.3) is 0 Å². The first kappa shape index (κ1) is 25.6. The van der Waals surface area contributed by atoms with Gasteiger partial charge in [0, 0.05) is 11.6 Å². The summed E-state index contributed by atoms with van der Waals surface area (Å²) < 4.78 is 0. The third-order valence-electron chi connectivity index (χ3n) is 5.33. The lowest BCUT2D eigenvalue weighted by Crippen LogP contribution is -2.50. The van der Waals surface area contributed by atoms with Crippen molar-refractivity contribution in [1.82, 2.24) is 10.7 Å². The summed E-state index contributed by atoms with van der Waals surface area (Å²) in [6.07, 6.45) is 1.27. The molecule has 0 unspecified atom stereocenters. The van der Waals surface area contributed by atoms with Crippen LogP contribution in [0.3, 0.4) is 0 Å². The lowest BCUT2D eigenvalue weighted by Gasteiger charge is -2.24. The maximum atomic E-state index is 13.4. The molecule has 35 heavy (non-hydrogen) atoms. The fraction of sp³-hybridized carbons (Fsp3) is 0.192. The van der Waals surface area contributed by atoms with Crippen molar-refractivity contribution in [2.45, 2.75) is 25.8 Å². The van der Waals surface area contributed by atoms with Gasteiger partial charge in [-0.15, -0.1) is 0 Å². The van der Waals surface area contributed by atoms with E-state index in [2.05, 4.69) is 15.8 Å². The highest BCUT2D eigenvalue weighted by Crippen LogP contribution is 2.26. The lowest BCUT2D eigenvalue weighted by atomic mass is 9.89. The number of carbonyl (C=O) groups excluding carboxylic acids is 2. The Morgan fingerprint density at radius 2 is 1.51 bits per heavy atom. The van der Waals surface area contributed by atoms with Gasteiger partial charge in [-0.05, 0) is 23.1 Å². The normalized spacial score (nSPS) is 12.0. The van der Waals surface area contributed by atoms with E-state index in [0.717, 1.165) is 11.1 Å². The van der Waals surface area contributed by atoms with Gasteiger partial charge in [0.15, 0.2) is 0 Å². The van der Waals surface area contributed by atoms with Crippen LogP contribution in [0.15, 0.2) is 84.0 Å². The minimum Gasteiger partial charge on any atom is -0.343 e. The van der Waals surface area contributed by atoms with Gasteiger partial charge in [-0.2, -0.15) is 5.10 Å². The molecule has 0 saturated carbocycles. The number of rotatable bonds is 9. The first-order chi connectivity index (χ1) is 16.8. The van der Waals surface area contributed by atoms with E-state index in [9.17, 15) is 19.7 Å². The Bertz CT molecular complexity index is 1180. The highest BCUT2D eigenvalue weighted by molar-refractivity contribution is 6.32. The molecule has 1 atom stereocenters. The Hall–Kier alpha value is -4.04. The van der Waals surface area contributed by atoms with E-state index in [4.69, 9.17) is 11.6 Å². The highest BCUT2D eigenvalue weighted by atomic mass is 35.5. The zero-order valence-electron chi connectivity index (χ0n) is 19.2. The number of carbonyl (C=O) groups is 2. The van der Waals surface area contributed by atoms with Gasteiger partial charge in [-0.25, -0.2) is 5.43 Å². The summed E-state index contributed by atoms with van der Waals surface area (Å²) in [5.41, 5.74) is 4.15. The van der Waals surface area contributed by atoms with Crippen LogP contribution in [0.4, 0.5) is 5.69 Å². The number of halogens is 1. The summed E-state index contributed by atoms with van der Waals surface area (Å²) in [5.74, 6) is -1.64. The Balaban J connectivity index is 1.75. The summed E-state index contributed by atoms with van der Waals surface area (Å²) in [4.78, 5) is 36.7. The van der Waals surface area contributed by atoms with E-state index in [-0.39, 0.29) is 22.5 Å². The van der Waals surface area contributed by atoms with Crippen molar-refractivity contribution in [3.8, 4) is 0 Å². The summed E-state index contributed by atoms with van der Waals surface area (Å²) in [5, 5.41) is 17.8. The molecule has 2 amide bonds. The second kappa shape index (κ2) is 11.9. The van der Waals surface area contributed by atoms with Gasteiger partial charge in [-0.3, -0.25) is 19.7 Å². The minimum absolute atomic E-state index is 0.00477. The number of benzene rings is 3. The Morgan fingerprint density at radius 3 is 2.03 bits per heavy atom. The second-order valence-corrected chi connectivity index (χ2v) is 8.59. The largest absolute Gasteiger partial charge is 0.343 e. The fourth-order valence-electron chi connectivity index (χ4n) is 3.55. The minimum atomic E-state index is -0.853. The summed E-state index contributed by atoms with van der Waals surface area (Å²) in [6.45, 7) is 3.63. The molecule has 0 saturated heterocycles. The average molecular weight is 493 g/mol. The van der Waals surface area contributed by atoms with Crippen molar-refractivity contribution in [1.29, 1.82) is 0 Å². The van der Waals surface area contributed by atoms with Gasteiger partial charge >= 0.3 is 0 Å². The zero-order chi connectivity index (χ0) is 25.4. The van der Waals surface area contributed by atoms with E-state index in [1.165, 1.54) is 24.4 Å². The molecule has 0 bridgehead atoms. The van der Waals surface area contributed by atoms with E-state index < -0.39 is 22.8 Å². The Labute approximate surface area is 208 Å². The van der Waals surface area contributed by atoms with Crippen LogP contribution in [-0.4, -0.2) is 29.0 Å². The monoisotopic (exact) mass is 492 g/mol. The van der Waals surface area contributed by atoms with Crippen molar-refractivity contribution >= 4 is 35.3 Å². The fourth-order valence-corrected chi connectivity index (χ4v) is 3.73. The molecule has 0 aliphatic heterocycles. The third-order valence-corrected chi connectivity index (χ3v) is 5.65. The number of hydrazone groups is 1. The van der Waals surface area contributed by atoms with Crippen LogP contribution in [0, 0.1) is 16.0 Å². The molecular formula is C26H25ClN4O4. The number of nitrogens with zero attached hydrogens (tertiary/aromatic N) is 2. The number of amides is 2. The van der Waals surface area contributed by atoms with Crippen LogP contribution >= 0.6 is 11.6 Å². The third kappa shape index (κ3) is 6.74. The van der Waals surface area contributed by atoms with Crippen molar-refractivity contribution in [3.63, 3.8) is 0 Å². The molecule has 3 aromatic rings. The van der Waals surface area contributed by atoms with Crippen LogP contribution < -0.4 is 10.7 Å². The van der Waals surface area contributed by atoms with Crippen molar-refractivity contribution in [2.24, 2.45) is 11.0 Å². The molecule has 0 heterocycles. The van der Waals surface area contributed by atoms with E-state index in [1.807, 2.05) is 74.5 Å². The first-order valence-electron chi connectivity index (χ1n) is 10.9. The Morgan fingerprint density at radius 1 is 0.943 bits per heavy atom. The second-order valence-electron chi connectivity index (χ2n) is 8.19. The van der Waals surface area contributed by atoms with Gasteiger partial charge in [0.2, 0.25) is 5.91 Å². The van der Waals surface area contributed by atoms with E-state index >= 15 is 0 Å². The lowest BCUT2D eigenvalue weighted by molar-refractivity contribution is -0.384. The Kier molecular flexibility index (Phi) is 8.69. The molecule has 0 aliphatic carbocycles. The molecule has 180 valence electrons. The zero-order valence-corrected chi connectivity index (χ0v) is 20.0. The van der Waals surface area contributed by atoms with Crippen LogP contribution in [0.1, 0.15) is 36.5 Å². The maximum absolute atomic E-state index is 13.4. The SMILES string of the molecule is CC(C)[C@@H](NC(=O)C(c1ccccc1)c1ccccc1)C(=O)N/N=C\c1ccc(Cl)c([N+](=O)[O-])c1. The van der Waals surface area contributed by atoms with Gasteiger partial charge in [-0.1, -0.05) is 92.2 Å². The molecule has 3 rings (SSSR count). The molecule has 0 fully saturated rings. The predicted molar refractivity (Wildman–Crippen MR) is 135 cm³/mol. The van der Waals surface area contributed by atoms with Crippen LogP contribution in [-0.2, 0) is 9.59 Å². The van der Waals surface area contributed by atoms with Crippen molar-refractivity contribution in [2.75, 3.05) is 0 Å². The van der Waals surface area contributed by atoms with E-state index in [1.54, 1.807) is 0 Å².